The zero-order valence-electron chi connectivity index (χ0n) is 36.1. The van der Waals surface area contributed by atoms with Gasteiger partial charge in [-0.05, 0) is 196 Å². The zero-order chi connectivity index (χ0) is 36.9. The van der Waals surface area contributed by atoms with Crippen molar-refractivity contribution in [3.63, 3.8) is 0 Å². The van der Waals surface area contributed by atoms with E-state index in [0.29, 0.717) is 33.2 Å². The summed E-state index contributed by atoms with van der Waals surface area (Å²) in [7, 11) is 8.94. The molecule has 0 aromatic heterocycles. The molecule has 2 unspecified atom stereocenters. The summed E-state index contributed by atoms with van der Waals surface area (Å²) in [6.45, 7) is 46.5. The molecule has 3 saturated heterocycles. The van der Waals surface area contributed by atoms with Crippen molar-refractivity contribution in [3.8, 4) is 0 Å². The lowest BCUT2D eigenvalue weighted by Crippen LogP contribution is -2.59. The molecule has 2 atom stereocenters. The van der Waals surface area contributed by atoms with E-state index in [9.17, 15) is 0 Å². The quantitative estimate of drug-likeness (QED) is 0.243. The summed E-state index contributed by atoms with van der Waals surface area (Å²) < 4.78 is 0. The average Bonchev–Trinajstić information content (AvgIpc) is 3.10. The Kier molecular flexibility index (Phi) is 13.3. The minimum atomic E-state index is 0.230. The Morgan fingerprint density at radius 2 is 0.870 bits per heavy atom. The van der Waals surface area contributed by atoms with Gasteiger partial charge >= 0.3 is 0 Å². The van der Waals surface area contributed by atoms with Gasteiger partial charge in [-0.1, -0.05) is 32.4 Å². The number of likely N-dealkylation sites (tertiary alicyclic amines) is 3. The molecule has 0 aliphatic carbocycles. The number of piperidine rings is 2. The predicted octanol–water partition coefficient (Wildman–Crippen LogP) is 10.8. The number of likely N-dealkylation sites (N-methyl/N-ethyl adjacent to an activating group) is 1. The third-order valence-electron chi connectivity index (χ3n) is 14.7. The van der Waals surface area contributed by atoms with E-state index in [1.165, 1.54) is 37.7 Å². The fourth-order valence-corrected chi connectivity index (χ4v) is 9.11. The Bertz CT molecular complexity index is 1010. The fourth-order valence-electron chi connectivity index (χ4n) is 9.11. The highest BCUT2D eigenvalue weighted by atomic mass is 15.3. The maximum absolute atomic E-state index is 2.54. The Morgan fingerprint density at radius 3 is 1.11 bits per heavy atom. The smallest absolute Gasteiger partial charge is 0.0367 e. The molecule has 4 aliphatic rings. The van der Waals surface area contributed by atoms with Crippen LogP contribution < -0.4 is 0 Å². The van der Waals surface area contributed by atoms with Crippen molar-refractivity contribution in [1.29, 1.82) is 0 Å². The van der Waals surface area contributed by atoms with Gasteiger partial charge in [-0.25, -0.2) is 0 Å². The molecule has 4 heterocycles. The molecular weight excluding hydrogens is 560 g/mol. The molecule has 46 heavy (non-hydrogen) atoms. The lowest BCUT2D eigenvalue weighted by molar-refractivity contribution is -0.0382. The largest absolute Gasteiger partial charge is 0.296 e. The van der Waals surface area contributed by atoms with Crippen molar-refractivity contribution in [2.75, 3.05) is 28.2 Å². The molecule has 4 nitrogen and oxygen atoms in total. The van der Waals surface area contributed by atoms with E-state index in [2.05, 4.69) is 192 Å². The normalized spacial score (nSPS) is 32.6. The first-order chi connectivity index (χ1) is 20.1. The van der Waals surface area contributed by atoms with Crippen LogP contribution in [-0.2, 0) is 0 Å². The second kappa shape index (κ2) is 14.1. The van der Waals surface area contributed by atoms with Gasteiger partial charge in [-0.15, -0.1) is 0 Å². The van der Waals surface area contributed by atoms with Gasteiger partial charge < -0.3 is 0 Å². The molecule has 0 saturated carbocycles. The number of rotatable bonds is 0. The van der Waals surface area contributed by atoms with Crippen LogP contribution in [0.5, 0.6) is 0 Å². The van der Waals surface area contributed by atoms with E-state index < -0.39 is 0 Å². The van der Waals surface area contributed by atoms with Gasteiger partial charge in [0.25, 0.3) is 0 Å². The number of nitrogens with zero attached hydrogens (tertiary/aromatic N) is 4. The van der Waals surface area contributed by atoms with E-state index in [4.69, 9.17) is 0 Å². The van der Waals surface area contributed by atoms with Gasteiger partial charge in [0, 0.05) is 44.3 Å². The molecule has 4 rings (SSSR count). The molecule has 0 bridgehead atoms. The molecule has 4 heteroatoms. The second-order valence-electron chi connectivity index (χ2n) is 20.9. The number of hydrogen-bond acceptors (Lipinski definition) is 4. The molecule has 0 N–H and O–H groups in total. The first-order valence-corrected chi connectivity index (χ1v) is 18.8. The lowest BCUT2D eigenvalue weighted by atomic mass is 9.74. The van der Waals surface area contributed by atoms with Gasteiger partial charge in [0.05, 0.1) is 0 Å². The van der Waals surface area contributed by atoms with Crippen LogP contribution in [0.3, 0.4) is 0 Å². The molecule has 4 aliphatic heterocycles. The lowest BCUT2D eigenvalue weighted by Gasteiger charge is -2.54. The summed E-state index contributed by atoms with van der Waals surface area (Å²) in [5.74, 6) is 2.49. The first kappa shape index (κ1) is 43.6. The van der Waals surface area contributed by atoms with Gasteiger partial charge in [-0.2, -0.15) is 0 Å². The Morgan fingerprint density at radius 1 is 0.500 bits per heavy atom. The van der Waals surface area contributed by atoms with E-state index in [1.807, 2.05) is 0 Å². The van der Waals surface area contributed by atoms with Gasteiger partial charge in [0.2, 0.25) is 0 Å². The summed E-state index contributed by atoms with van der Waals surface area (Å²) in [6, 6.07) is 0. The molecule has 274 valence electrons. The summed E-state index contributed by atoms with van der Waals surface area (Å²) in [4.78, 5) is 9.98. The van der Waals surface area contributed by atoms with E-state index in [-0.39, 0.29) is 11.1 Å². The van der Waals surface area contributed by atoms with Crippen LogP contribution in [0, 0.1) is 17.8 Å². The highest BCUT2D eigenvalue weighted by Crippen LogP contribution is 2.43. The van der Waals surface area contributed by atoms with Crippen LogP contribution in [0.15, 0.2) is 11.6 Å². The third kappa shape index (κ3) is 9.42. The van der Waals surface area contributed by atoms with E-state index in [0.717, 1.165) is 17.8 Å². The minimum Gasteiger partial charge on any atom is -0.296 e. The highest BCUT2D eigenvalue weighted by Gasteiger charge is 2.47. The van der Waals surface area contributed by atoms with Crippen LogP contribution in [0.2, 0.25) is 0 Å². The predicted molar refractivity (Wildman–Crippen MR) is 208 cm³/mol. The molecular formula is C42H86N4. The Labute approximate surface area is 291 Å². The molecule has 0 aromatic carbocycles. The van der Waals surface area contributed by atoms with Crippen molar-refractivity contribution in [2.45, 2.75) is 215 Å². The monoisotopic (exact) mass is 647 g/mol. The van der Waals surface area contributed by atoms with Gasteiger partial charge in [0.15, 0.2) is 0 Å². The molecule has 0 radical (unpaired) electrons. The molecule has 0 amide bonds. The SMILES string of the molecule is CC1=CC(C)(C)N(C)C1(C)C.CC1CC(C)(C)N(C)C(C)(C)C1.CC1CC(C)(C)N(C)C1(C)C.CC1CCC(C)(C)N(C)C1(C)C. The van der Waals surface area contributed by atoms with Crippen LogP contribution >= 0.6 is 0 Å². The van der Waals surface area contributed by atoms with Crippen molar-refractivity contribution in [1.82, 2.24) is 19.6 Å². The summed E-state index contributed by atoms with van der Waals surface area (Å²) in [5.41, 5.74) is 4.22. The van der Waals surface area contributed by atoms with Crippen LogP contribution in [-0.4, -0.2) is 92.1 Å². The standard InChI is InChI=1S/2C11H23N.C10H21N.C10H19N/c1-9-7-10(2,3)12(6)11(4,5)8-9;1-9-7-8-10(2,3)12(6)11(9,4)5;2*1-8-7-9(2,3)11(6)10(8,4)5/h2*9H,7-8H2,1-6H3;8H,7H2,1-6H3;7H,1-6H3. The summed E-state index contributed by atoms with van der Waals surface area (Å²) in [5, 5.41) is 0. The van der Waals surface area contributed by atoms with E-state index >= 15 is 0 Å². The Balaban J connectivity index is 0.000000307. The van der Waals surface area contributed by atoms with Crippen molar-refractivity contribution < 1.29 is 0 Å². The maximum atomic E-state index is 2.54. The maximum Gasteiger partial charge on any atom is 0.0367 e. The topological polar surface area (TPSA) is 13.0 Å². The second-order valence-corrected chi connectivity index (χ2v) is 20.9. The van der Waals surface area contributed by atoms with Crippen LogP contribution in [0.4, 0.5) is 0 Å². The molecule has 3 fully saturated rings. The summed E-state index contributed by atoms with van der Waals surface area (Å²) >= 11 is 0. The molecule has 0 aromatic rings. The zero-order valence-corrected chi connectivity index (χ0v) is 36.1. The molecule has 0 spiro atoms. The highest BCUT2D eigenvalue weighted by molar-refractivity contribution is 5.28. The first-order valence-electron chi connectivity index (χ1n) is 18.8. The Hall–Kier alpha value is -0.420. The fraction of sp³-hybridized carbons (Fsp3) is 0.952. The summed E-state index contributed by atoms with van der Waals surface area (Å²) in [6.07, 6.45) is 9.02. The average molecular weight is 647 g/mol. The van der Waals surface area contributed by atoms with E-state index in [1.54, 1.807) is 0 Å². The number of hydrogen-bond donors (Lipinski definition) is 0. The van der Waals surface area contributed by atoms with Crippen molar-refractivity contribution in [3.05, 3.63) is 11.6 Å². The van der Waals surface area contributed by atoms with Crippen molar-refractivity contribution in [2.24, 2.45) is 17.8 Å². The van der Waals surface area contributed by atoms with Crippen molar-refractivity contribution >= 4 is 0 Å². The van der Waals surface area contributed by atoms with Crippen LogP contribution in [0.1, 0.15) is 171 Å². The third-order valence-corrected chi connectivity index (χ3v) is 14.7. The minimum absolute atomic E-state index is 0.230. The van der Waals surface area contributed by atoms with Gasteiger partial charge in [-0.3, -0.25) is 19.6 Å². The van der Waals surface area contributed by atoms with Gasteiger partial charge in [0.1, 0.15) is 0 Å². The van der Waals surface area contributed by atoms with Crippen LogP contribution in [0.25, 0.3) is 0 Å².